The van der Waals surface area contributed by atoms with Crippen molar-refractivity contribution in [2.24, 2.45) is 0 Å². The first-order valence-electron chi connectivity index (χ1n) is 7.02. The van der Waals surface area contributed by atoms with E-state index in [9.17, 15) is 9.18 Å². The Hall–Kier alpha value is -1.11. The number of ether oxygens (including phenoxy) is 2. The molecule has 0 aliphatic carbocycles. The van der Waals surface area contributed by atoms with Crippen molar-refractivity contribution in [3.05, 3.63) is 35.6 Å². The van der Waals surface area contributed by atoms with E-state index in [0.29, 0.717) is 32.8 Å². The molecule has 1 amide bonds. The van der Waals surface area contributed by atoms with E-state index in [1.165, 1.54) is 12.1 Å². The first-order chi connectivity index (χ1) is 10.2. The molecule has 1 aliphatic heterocycles. The van der Waals surface area contributed by atoms with Crippen molar-refractivity contribution in [1.29, 1.82) is 0 Å². The molecule has 6 heteroatoms. The Labute approximate surface area is 128 Å². The second-order valence-corrected chi connectivity index (χ2v) is 5.91. The van der Waals surface area contributed by atoms with Crippen molar-refractivity contribution in [2.45, 2.75) is 18.3 Å². The second kappa shape index (κ2) is 9.02. The molecular formula is C15H20FNO3S. The normalized spacial score (nSPS) is 18.4. The maximum atomic E-state index is 12.7. The van der Waals surface area contributed by atoms with Gasteiger partial charge in [-0.05, 0) is 17.7 Å². The minimum atomic E-state index is -0.225. The predicted octanol–water partition coefficient (Wildman–Crippen LogP) is 1.98. The van der Waals surface area contributed by atoms with Crippen LogP contribution in [0.2, 0.25) is 0 Å². The maximum absolute atomic E-state index is 12.7. The lowest BCUT2D eigenvalue weighted by Crippen LogP contribution is -2.39. The van der Waals surface area contributed by atoms with Gasteiger partial charge in [0.05, 0.1) is 25.9 Å². The fourth-order valence-corrected chi connectivity index (χ4v) is 2.81. The van der Waals surface area contributed by atoms with Crippen molar-refractivity contribution in [1.82, 2.24) is 5.32 Å². The van der Waals surface area contributed by atoms with Crippen LogP contribution in [-0.2, 0) is 20.0 Å². The first kappa shape index (κ1) is 16.3. The zero-order valence-corrected chi connectivity index (χ0v) is 12.7. The summed E-state index contributed by atoms with van der Waals surface area (Å²) in [4.78, 5) is 11.7. The summed E-state index contributed by atoms with van der Waals surface area (Å²) >= 11 is 1.66. The molecule has 116 valence electrons. The molecule has 1 saturated heterocycles. The third kappa shape index (κ3) is 6.46. The largest absolute Gasteiger partial charge is 0.376 e. The topological polar surface area (TPSA) is 47.6 Å². The van der Waals surface area contributed by atoms with E-state index in [-0.39, 0.29) is 17.8 Å². The summed E-state index contributed by atoms with van der Waals surface area (Å²) in [7, 11) is 0. The number of carbonyl (C=O) groups excluding carboxylic acids is 1. The van der Waals surface area contributed by atoms with Crippen LogP contribution >= 0.6 is 11.8 Å². The molecule has 0 saturated carbocycles. The number of amides is 1. The first-order valence-corrected chi connectivity index (χ1v) is 8.18. The average molecular weight is 313 g/mol. The second-order valence-electron chi connectivity index (χ2n) is 4.80. The number of rotatable bonds is 7. The summed E-state index contributed by atoms with van der Waals surface area (Å²) in [6, 6.07) is 6.44. The van der Waals surface area contributed by atoms with Gasteiger partial charge < -0.3 is 14.8 Å². The van der Waals surface area contributed by atoms with Gasteiger partial charge in [0.2, 0.25) is 5.91 Å². The summed E-state index contributed by atoms with van der Waals surface area (Å²) in [5.74, 6) is 1.33. The quantitative estimate of drug-likeness (QED) is 0.782. The summed E-state index contributed by atoms with van der Waals surface area (Å²) in [6.07, 6.45) is 0.439. The van der Waals surface area contributed by atoms with Crippen LogP contribution in [0.3, 0.4) is 0 Å². The molecule has 1 aromatic carbocycles. The van der Waals surface area contributed by atoms with Gasteiger partial charge in [-0.3, -0.25) is 4.79 Å². The average Bonchev–Trinajstić information content (AvgIpc) is 2.52. The van der Waals surface area contributed by atoms with Gasteiger partial charge in [-0.15, -0.1) is 0 Å². The number of thioether (sulfide) groups is 1. The molecule has 0 radical (unpaired) electrons. The minimum absolute atomic E-state index is 0.0239. The minimum Gasteiger partial charge on any atom is -0.376 e. The number of nitrogens with one attached hydrogen (secondary N) is 1. The Morgan fingerprint density at radius 3 is 2.86 bits per heavy atom. The van der Waals surface area contributed by atoms with E-state index >= 15 is 0 Å². The van der Waals surface area contributed by atoms with Crippen LogP contribution in [0.25, 0.3) is 0 Å². The summed E-state index contributed by atoms with van der Waals surface area (Å²) in [5, 5.41) is 2.85. The van der Waals surface area contributed by atoms with Crippen molar-refractivity contribution in [3.63, 3.8) is 0 Å². The van der Waals surface area contributed by atoms with Crippen LogP contribution in [0.1, 0.15) is 12.0 Å². The highest BCUT2D eigenvalue weighted by molar-refractivity contribution is 7.98. The molecule has 0 spiro atoms. The van der Waals surface area contributed by atoms with Gasteiger partial charge in [0, 0.05) is 24.5 Å². The van der Waals surface area contributed by atoms with Gasteiger partial charge >= 0.3 is 0 Å². The SMILES string of the molecule is O=C(CCSCc1ccc(F)cc1)NC[C@H]1COCCO1. The van der Waals surface area contributed by atoms with Crippen LogP contribution in [0.15, 0.2) is 24.3 Å². The Bertz CT molecular complexity index is 435. The lowest BCUT2D eigenvalue weighted by atomic mass is 10.2. The van der Waals surface area contributed by atoms with E-state index in [1.807, 2.05) is 0 Å². The van der Waals surface area contributed by atoms with E-state index in [0.717, 1.165) is 17.1 Å². The van der Waals surface area contributed by atoms with Gasteiger partial charge in [0.25, 0.3) is 0 Å². The lowest BCUT2D eigenvalue weighted by Gasteiger charge is -2.23. The molecule has 1 fully saturated rings. The maximum Gasteiger partial charge on any atom is 0.220 e. The number of hydrogen-bond acceptors (Lipinski definition) is 4. The molecule has 0 bridgehead atoms. The van der Waals surface area contributed by atoms with Crippen molar-refractivity contribution < 1.29 is 18.7 Å². The highest BCUT2D eigenvalue weighted by Gasteiger charge is 2.14. The van der Waals surface area contributed by atoms with Crippen LogP contribution in [-0.4, -0.2) is 44.1 Å². The predicted molar refractivity (Wildman–Crippen MR) is 80.7 cm³/mol. The van der Waals surface area contributed by atoms with Gasteiger partial charge in [-0.25, -0.2) is 4.39 Å². The molecule has 1 aliphatic rings. The van der Waals surface area contributed by atoms with E-state index in [4.69, 9.17) is 9.47 Å². The standard InChI is InChI=1S/C15H20FNO3S/c16-13-3-1-12(2-4-13)11-21-8-5-15(18)17-9-14-10-19-6-7-20-14/h1-4,14H,5-11H2,(H,17,18)/t14-/m0/s1. The highest BCUT2D eigenvalue weighted by Crippen LogP contribution is 2.13. The molecular weight excluding hydrogens is 293 g/mol. The molecule has 1 aromatic rings. The van der Waals surface area contributed by atoms with Crippen molar-refractivity contribution >= 4 is 17.7 Å². The third-order valence-corrected chi connectivity index (χ3v) is 4.10. The lowest BCUT2D eigenvalue weighted by molar-refractivity contribution is -0.123. The third-order valence-electron chi connectivity index (χ3n) is 3.07. The van der Waals surface area contributed by atoms with E-state index in [2.05, 4.69) is 5.32 Å². The smallest absolute Gasteiger partial charge is 0.220 e. The van der Waals surface area contributed by atoms with Crippen LogP contribution in [0.4, 0.5) is 4.39 Å². The van der Waals surface area contributed by atoms with E-state index < -0.39 is 0 Å². The Balaban J connectivity index is 1.53. The number of carbonyl (C=O) groups is 1. The Morgan fingerprint density at radius 2 is 2.14 bits per heavy atom. The van der Waals surface area contributed by atoms with Crippen LogP contribution in [0, 0.1) is 5.82 Å². The summed E-state index contributed by atoms with van der Waals surface area (Å²) in [6.45, 7) is 2.26. The van der Waals surface area contributed by atoms with Crippen molar-refractivity contribution in [3.8, 4) is 0 Å². The molecule has 0 aromatic heterocycles. The monoisotopic (exact) mass is 313 g/mol. The van der Waals surface area contributed by atoms with Gasteiger partial charge in [-0.1, -0.05) is 12.1 Å². The molecule has 2 rings (SSSR count). The number of hydrogen-bond donors (Lipinski definition) is 1. The summed E-state index contributed by atoms with van der Waals surface area (Å²) < 4.78 is 23.4. The van der Waals surface area contributed by atoms with E-state index in [1.54, 1.807) is 23.9 Å². The Morgan fingerprint density at radius 1 is 1.33 bits per heavy atom. The highest BCUT2D eigenvalue weighted by atomic mass is 32.2. The molecule has 1 heterocycles. The molecule has 4 nitrogen and oxygen atoms in total. The van der Waals surface area contributed by atoms with Gasteiger partial charge in [0.1, 0.15) is 5.82 Å². The molecule has 1 atom stereocenters. The van der Waals surface area contributed by atoms with Crippen LogP contribution in [0.5, 0.6) is 0 Å². The van der Waals surface area contributed by atoms with Crippen molar-refractivity contribution in [2.75, 3.05) is 32.1 Å². The zero-order valence-electron chi connectivity index (χ0n) is 11.8. The fraction of sp³-hybridized carbons (Fsp3) is 0.533. The zero-order chi connectivity index (χ0) is 14.9. The fourth-order valence-electron chi connectivity index (χ4n) is 1.91. The Kier molecular flexibility index (Phi) is 6.99. The molecule has 0 unspecified atom stereocenters. The molecule has 21 heavy (non-hydrogen) atoms. The molecule has 1 N–H and O–H groups in total. The number of halogens is 1. The van der Waals surface area contributed by atoms with Crippen LogP contribution < -0.4 is 5.32 Å². The van der Waals surface area contributed by atoms with Gasteiger partial charge in [0.15, 0.2) is 0 Å². The van der Waals surface area contributed by atoms with Gasteiger partial charge in [-0.2, -0.15) is 11.8 Å². The number of benzene rings is 1. The summed E-state index contributed by atoms with van der Waals surface area (Å²) in [5.41, 5.74) is 1.06.